The molecule has 10 nitrogen and oxygen atoms in total. The quantitative estimate of drug-likeness (QED) is 0.0325. The molecule has 0 aliphatic heterocycles. The third kappa shape index (κ3) is 33.3. The van der Waals surface area contributed by atoms with Gasteiger partial charge in [0, 0.05) is 13.0 Å². The number of hydrogen-bond acceptors (Lipinski definition) is 8. The number of ether oxygens (including phenoxy) is 2. The van der Waals surface area contributed by atoms with E-state index in [2.05, 4.69) is 18.4 Å². The number of carbonyl (C=O) groups excluding carboxylic acids is 1. The predicted molar refractivity (Wildman–Crippen MR) is 189 cm³/mol. The minimum absolute atomic E-state index is 0.0249. The highest BCUT2D eigenvalue weighted by molar-refractivity contribution is 7.47. The molecule has 0 bridgehead atoms. The Morgan fingerprint density at radius 2 is 0.979 bits per heavy atom. The number of carbonyl (C=O) groups is 2. The maximum atomic E-state index is 12.5. The lowest BCUT2D eigenvalue weighted by Crippen LogP contribution is -2.34. The fourth-order valence-corrected chi connectivity index (χ4v) is 6.15. The lowest BCUT2D eigenvalue weighted by molar-refractivity contribution is -0.154. The average molecular weight is 694 g/mol. The normalized spacial score (nSPS) is 14.1. The van der Waals surface area contributed by atoms with Crippen LogP contribution >= 0.6 is 7.82 Å². The van der Waals surface area contributed by atoms with Crippen molar-refractivity contribution in [2.24, 2.45) is 5.73 Å². The molecule has 11 heteroatoms. The van der Waals surface area contributed by atoms with E-state index >= 15 is 0 Å². The first-order chi connectivity index (χ1) is 22.7. The molecule has 0 saturated heterocycles. The van der Waals surface area contributed by atoms with Gasteiger partial charge >= 0.3 is 19.8 Å². The summed E-state index contributed by atoms with van der Waals surface area (Å²) >= 11 is 0. The first-order valence-electron chi connectivity index (χ1n) is 19.1. The lowest BCUT2D eigenvalue weighted by Gasteiger charge is -2.20. The van der Waals surface area contributed by atoms with Crippen molar-refractivity contribution in [3.63, 3.8) is 0 Å². The number of carboxylic acid groups (broad SMARTS) is 1. The molecule has 3 atom stereocenters. The number of unbranched alkanes of at least 4 members (excludes halogenated alkanes) is 23. The van der Waals surface area contributed by atoms with Crippen molar-refractivity contribution in [2.75, 3.05) is 26.4 Å². The first-order valence-corrected chi connectivity index (χ1v) is 20.6. The number of hydrogen-bond donors (Lipinski definition) is 3. The van der Waals surface area contributed by atoms with E-state index in [1.54, 1.807) is 0 Å². The molecule has 0 fully saturated rings. The molecule has 280 valence electrons. The SMILES string of the molecule is CCCCCCCCCCCCCCCOCC(COP(=O)(O)OCC(N)C(=O)O)OC(=O)CCCCCCCCCCCCCC. The van der Waals surface area contributed by atoms with E-state index in [-0.39, 0.29) is 13.0 Å². The molecule has 0 amide bonds. The Labute approximate surface area is 287 Å². The Hall–Kier alpha value is -1.03. The van der Waals surface area contributed by atoms with Crippen molar-refractivity contribution < 1.29 is 42.7 Å². The second-order valence-electron chi connectivity index (χ2n) is 13.1. The highest BCUT2D eigenvalue weighted by atomic mass is 31.2. The van der Waals surface area contributed by atoms with E-state index < -0.39 is 45.1 Å². The molecule has 47 heavy (non-hydrogen) atoms. The standard InChI is InChI=1S/C36H72NO9P/c1-3-5-7-9-11-13-15-17-19-21-23-25-27-29-43-30-33(31-44-47(41,42)45-32-34(37)36(39)40)46-35(38)28-26-24-22-20-18-16-14-12-10-8-6-4-2/h33-34H,3-32,37H2,1-2H3,(H,39,40)(H,41,42). The zero-order valence-electron chi connectivity index (χ0n) is 30.1. The van der Waals surface area contributed by atoms with Gasteiger partial charge in [0.15, 0.2) is 0 Å². The van der Waals surface area contributed by atoms with Crippen molar-refractivity contribution in [1.82, 2.24) is 0 Å². The van der Waals surface area contributed by atoms with Crippen molar-refractivity contribution in [2.45, 2.75) is 193 Å². The van der Waals surface area contributed by atoms with E-state index in [4.69, 9.17) is 24.8 Å². The van der Waals surface area contributed by atoms with Crippen LogP contribution in [0.1, 0.15) is 181 Å². The monoisotopic (exact) mass is 693 g/mol. The van der Waals surface area contributed by atoms with Crippen LogP contribution < -0.4 is 5.73 Å². The molecule has 0 saturated carbocycles. The van der Waals surface area contributed by atoms with Gasteiger partial charge in [-0.05, 0) is 12.8 Å². The van der Waals surface area contributed by atoms with Gasteiger partial charge in [0.05, 0.1) is 19.8 Å². The van der Waals surface area contributed by atoms with Crippen LogP contribution in [0.5, 0.6) is 0 Å². The summed E-state index contributed by atoms with van der Waals surface area (Å²) in [5.74, 6) is -1.77. The molecule has 0 aromatic carbocycles. The van der Waals surface area contributed by atoms with E-state index in [0.717, 1.165) is 38.5 Å². The van der Waals surface area contributed by atoms with E-state index in [1.165, 1.54) is 122 Å². The van der Waals surface area contributed by atoms with Crippen molar-refractivity contribution >= 4 is 19.8 Å². The number of phosphoric ester groups is 1. The predicted octanol–water partition coefficient (Wildman–Crippen LogP) is 9.64. The summed E-state index contributed by atoms with van der Waals surface area (Å²) in [6.07, 6.45) is 30.0. The van der Waals surface area contributed by atoms with Gasteiger partial charge in [0.2, 0.25) is 0 Å². The Balaban J connectivity index is 4.27. The summed E-state index contributed by atoms with van der Waals surface area (Å²) < 4.78 is 33.2. The summed E-state index contributed by atoms with van der Waals surface area (Å²) in [5, 5.41) is 8.85. The van der Waals surface area contributed by atoms with Crippen LogP contribution in [0.2, 0.25) is 0 Å². The number of nitrogens with two attached hydrogens (primary N) is 1. The van der Waals surface area contributed by atoms with E-state index in [0.29, 0.717) is 6.61 Å². The molecular formula is C36H72NO9P. The highest BCUT2D eigenvalue weighted by Crippen LogP contribution is 2.43. The second-order valence-corrected chi connectivity index (χ2v) is 14.5. The summed E-state index contributed by atoms with van der Waals surface area (Å²) in [4.78, 5) is 33.3. The van der Waals surface area contributed by atoms with Gasteiger partial charge in [-0.3, -0.25) is 18.6 Å². The molecule has 0 rings (SSSR count). The molecule has 0 heterocycles. The Kier molecular flexibility index (Phi) is 32.7. The van der Waals surface area contributed by atoms with Gasteiger partial charge in [-0.2, -0.15) is 0 Å². The minimum Gasteiger partial charge on any atom is -0.480 e. The lowest BCUT2D eigenvalue weighted by atomic mass is 10.0. The maximum Gasteiger partial charge on any atom is 0.472 e. The van der Waals surface area contributed by atoms with Gasteiger partial charge < -0.3 is 25.2 Å². The maximum absolute atomic E-state index is 12.5. The summed E-state index contributed by atoms with van der Waals surface area (Å²) in [6, 6.07) is -1.47. The first kappa shape index (κ1) is 46.0. The van der Waals surface area contributed by atoms with Crippen LogP contribution in [0.25, 0.3) is 0 Å². The largest absolute Gasteiger partial charge is 0.480 e. The molecule has 0 aromatic heterocycles. The number of rotatable bonds is 37. The average Bonchev–Trinajstić information content (AvgIpc) is 3.04. The van der Waals surface area contributed by atoms with Crippen molar-refractivity contribution in [3.05, 3.63) is 0 Å². The number of esters is 1. The Morgan fingerprint density at radius 3 is 1.40 bits per heavy atom. The summed E-state index contributed by atoms with van der Waals surface area (Å²) in [5.41, 5.74) is 5.33. The zero-order valence-corrected chi connectivity index (χ0v) is 31.0. The van der Waals surface area contributed by atoms with Gasteiger partial charge in [0.25, 0.3) is 0 Å². The van der Waals surface area contributed by atoms with Crippen LogP contribution in [0, 0.1) is 0 Å². The number of carboxylic acids is 1. The van der Waals surface area contributed by atoms with Crippen molar-refractivity contribution in [3.8, 4) is 0 Å². The van der Waals surface area contributed by atoms with Gasteiger partial charge in [-0.1, -0.05) is 162 Å². The molecule has 0 aromatic rings. The summed E-state index contributed by atoms with van der Waals surface area (Å²) in [7, 11) is -4.60. The molecule has 3 unspecified atom stereocenters. The fraction of sp³-hybridized carbons (Fsp3) is 0.944. The highest BCUT2D eigenvalue weighted by Gasteiger charge is 2.27. The summed E-state index contributed by atoms with van der Waals surface area (Å²) in [6.45, 7) is 3.89. The number of phosphoric acid groups is 1. The smallest absolute Gasteiger partial charge is 0.472 e. The molecule has 4 N–H and O–H groups in total. The van der Waals surface area contributed by atoms with E-state index in [9.17, 15) is 19.0 Å². The Morgan fingerprint density at radius 1 is 0.596 bits per heavy atom. The topological polar surface area (TPSA) is 155 Å². The van der Waals surface area contributed by atoms with Crippen LogP contribution in [0.15, 0.2) is 0 Å². The molecule has 0 radical (unpaired) electrons. The zero-order chi connectivity index (χ0) is 34.9. The van der Waals surface area contributed by atoms with Crippen LogP contribution in [-0.4, -0.2) is 60.5 Å². The van der Waals surface area contributed by atoms with Gasteiger partial charge in [0.1, 0.15) is 12.1 Å². The molecular weight excluding hydrogens is 621 g/mol. The third-order valence-electron chi connectivity index (χ3n) is 8.39. The molecule has 0 aliphatic rings. The third-order valence-corrected chi connectivity index (χ3v) is 9.34. The fourth-order valence-electron chi connectivity index (χ4n) is 5.37. The van der Waals surface area contributed by atoms with Crippen LogP contribution in [0.4, 0.5) is 0 Å². The van der Waals surface area contributed by atoms with Gasteiger partial charge in [-0.25, -0.2) is 4.57 Å². The van der Waals surface area contributed by atoms with Gasteiger partial charge in [-0.15, -0.1) is 0 Å². The van der Waals surface area contributed by atoms with Crippen LogP contribution in [-0.2, 0) is 32.7 Å². The number of aliphatic carboxylic acids is 1. The molecule has 0 spiro atoms. The second kappa shape index (κ2) is 33.5. The van der Waals surface area contributed by atoms with Crippen molar-refractivity contribution in [1.29, 1.82) is 0 Å². The minimum atomic E-state index is -4.60. The van der Waals surface area contributed by atoms with E-state index in [1.807, 2.05) is 0 Å². The van der Waals surface area contributed by atoms with Crippen LogP contribution in [0.3, 0.4) is 0 Å². The molecule has 0 aliphatic carbocycles. The Bertz CT molecular complexity index is 771.